The maximum Gasteiger partial charge on any atom is 0.237 e. The Morgan fingerprint density at radius 3 is 2.94 bits per heavy atom. The van der Waals surface area contributed by atoms with Crippen LogP contribution in [0.2, 0.25) is 0 Å². The van der Waals surface area contributed by atoms with Crippen molar-refractivity contribution in [2.45, 2.75) is 20.0 Å². The molecule has 0 spiro atoms. The fourth-order valence-corrected chi connectivity index (χ4v) is 2.01. The van der Waals surface area contributed by atoms with Gasteiger partial charge in [0, 0.05) is 23.6 Å². The minimum Gasteiger partial charge on any atom is -0.368 e. The van der Waals surface area contributed by atoms with E-state index in [0.29, 0.717) is 0 Å². The molecule has 0 bridgehead atoms. The number of amides is 1. The van der Waals surface area contributed by atoms with Gasteiger partial charge in [-0.1, -0.05) is 19.1 Å². The van der Waals surface area contributed by atoms with Gasteiger partial charge >= 0.3 is 0 Å². The molecular formula is C13H17N3O. The lowest BCUT2D eigenvalue weighted by Crippen LogP contribution is -2.18. The fourth-order valence-electron chi connectivity index (χ4n) is 2.01. The van der Waals surface area contributed by atoms with Gasteiger partial charge in [-0.15, -0.1) is 0 Å². The van der Waals surface area contributed by atoms with E-state index >= 15 is 0 Å². The molecule has 3 N–H and O–H groups in total. The standard InChI is InChI=1S/C13H17N3O/c1-2-15-8-10-4-3-5-12-11(10)6-7-16(12)9-13(14)17/h3-7,15H,2,8-9H2,1H3,(H2,14,17). The van der Waals surface area contributed by atoms with Gasteiger partial charge in [-0.2, -0.15) is 0 Å². The number of hydrogen-bond acceptors (Lipinski definition) is 2. The van der Waals surface area contributed by atoms with Gasteiger partial charge in [0.25, 0.3) is 0 Å². The van der Waals surface area contributed by atoms with Crippen LogP contribution in [-0.2, 0) is 17.9 Å². The van der Waals surface area contributed by atoms with Crippen LogP contribution in [0.15, 0.2) is 30.5 Å². The molecule has 0 saturated heterocycles. The van der Waals surface area contributed by atoms with Gasteiger partial charge in [-0.25, -0.2) is 0 Å². The van der Waals surface area contributed by atoms with E-state index in [9.17, 15) is 4.79 Å². The quantitative estimate of drug-likeness (QED) is 0.813. The fraction of sp³-hybridized carbons (Fsp3) is 0.308. The third-order valence-corrected chi connectivity index (χ3v) is 2.80. The summed E-state index contributed by atoms with van der Waals surface area (Å²) in [5.74, 6) is -0.320. The zero-order valence-electron chi connectivity index (χ0n) is 9.94. The first kappa shape index (κ1) is 11.7. The summed E-state index contributed by atoms with van der Waals surface area (Å²) < 4.78 is 1.88. The number of carbonyl (C=O) groups excluding carboxylic acids is 1. The number of carbonyl (C=O) groups is 1. The van der Waals surface area contributed by atoms with Crippen molar-refractivity contribution in [1.82, 2.24) is 9.88 Å². The summed E-state index contributed by atoms with van der Waals surface area (Å²) in [6, 6.07) is 8.14. The minimum atomic E-state index is -0.320. The highest BCUT2D eigenvalue weighted by Gasteiger charge is 2.06. The number of aromatic nitrogens is 1. The Morgan fingerprint density at radius 1 is 1.41 bits per heavy atom. The Morgan fingerprint density at radius 2 is 2.24 bits per heavy atom. The van der Waals surface area contributed by atoms with Gasteiger partial charge < -0.3 is 15.6 Å². The molecule has 1 aromatic heterocycles. The van der Waals surface area contributed by atoms with Crippen LogP contribution in [0.4, 0.5) is 0 Å². The van der Waals surface area contributed by atoms with Crippen LogP contribution in [0.25, 0.3) is 10.9 Å². The van der Waals surface area contributed by atoms with Crippen molar-refractivity contribution in [1.29, 1.82) is 0 Å². The zero-order valence-corrected chi connectivity index (χ0v) is 9.94. The lowest BCUT2D eigenvalue weighted by molar-refractivity contribution is -0.118. The van der Waals surface area contributed by atoms with Gasteiger partial charge in [-0.3, -0.25) is 4.79 Å². The van der Waals surface area contributed by atoms with Crippen LogP contribution in [-0.4, -0.2) is 17.0 Å². The Hall–Kier alpha value is -1.81. The summed E-state index contributed by atoms with van der Waals surface area (Å²) in [7, 11) is 0. The van der Waals surface area contributed by atoms with Crippen molar-refractivity contribution >= 4 is 16.8 Å². The summed E-state index contributed by atoms with van der Waals surface area (Å²) in [5.41, 5.74) is 7.52. The van der Waals surface area contributed by atoms with Crippen molar-refractivity contribution in [3.8, 4) is 0 Å². The van der Waals surface area contributed by atoms with Crippen LogP contribution >= 0.6 is 0 Å². The van der Waals surface area contributed by atoms with E-state index in [2.05, 4.69) is 18.3 Å². The molecule has 0 aliphatic rings. The van der Waals surface area contributed by atoms with Crippen molar-refractivity contribution < 1.29 is 4.79 Å². The van der Waals surface area contributed by atoms with E-state index in [4.69, 9.17) is 5.73 Å². The molecule has 4 nitrogen and oxygen atoms in total. The van der Waals surface area contributed by atoms with Gasteiger partial charge in [-0.05, 0) is 24.2 Å². The lowest BCUT2D eigenvalue weighted by atomic mass is 10.1. The number of nitrogens with one attached hydrogen (secondary N) is 1. The molecule has 0 atom stereocenters. The maximum atomic E-state index is 11.0. The molecule has 0 saturated carbocycles. The highest BCUT2D eigenvalue weighted by Crippen LogP contribution is 2.20. The van der Waals surface area contributed by atoms with E-state index in [1.807, 2.05) is 29.0 Å². The van der Waals surface area contributed by atoms with Crippen LogP contribution in [0.3, 0.4) is 0 Å². The van der Waals surface area contributed by atoms with Crippen molar-refractivity contribution in [3.63, 3.8) is 0 Å². The number of fused-ring (bicyclic) bond motifs is 1. The molecule has 2 aromatic rings. The molecule has 1 heterocycles. The third-order valence-electron chi connectivity index (χ3n) is 2.80. The molecule has 0 radical (unpaired) electrons. The van der Waals surface area contributed by atoms with E-state index < -0.39 is 0 Å². The second kappa shape index (κ2) is 5.01. The first-order valence-electron chi connectivity index (χ1n) is 5.78. The average molecular weight is 231 g/mol. The molecular weight excluding hydrogens is 214 g/mol. The van der Waals surface area contributed by atoms with Gasteiger partial charge in [0.05, 0.1) is 0 Å². The second-order valence-corrected chi connectivity index (χ2v) is 4.04. The third kappa shape index (κ3) is 2.47. The maximum absolute atomic E-state index is 11.0. The minimum absolute atomic E-state index is 0.230. The van der Waals surface area contributed by atoms with E-state index in [1.54, 1.807) is 0 Å². The Labute approximate surface area is 100 Å². The highest BCUT2D eigenvalue weighted by molar-refractivity contribution is 5.85. The van der Waals surface area contributed by atoms with Crippen LogP contribution < -0.4 is 11.1 Å². The predicted molar refractivity (Wildman–Crippen MR) is 68.5 cm³/mol. The Bertz CT molecular complexity index is 530. The first-order chi connectivity index (χ1) is 8.22. The number of benzene rings is 1. The summed E-state index contributed by atoms with van der Waals surface area (Å²) in [5, 5.41) is 4.48. The zero-order chi connectivity index (χ0) is 12.3. The first-order valence-corrected chi connectivity index (χ1v) is 5.78. The van der Waals surface area contributed by atoms with Crippen LogP contribution in [0.5, 0.6) is 0 Å². The number of primary amides is 1. The summed E-state index contributed by atoms with van der Waals surface area (Å²) in [4.78, 5) is 11.0. The van der Waals surface area contributed by atoms with Crippen molar-refractivity contribution in [2.24, 2.45) is 5.73 Å². The van der Waals surface area contributed by atoms with E-state index in [-0.39, 0.29) is 12.5 Å². The smallest absolute Gasteiger partial charge is 0.237 e. The van der Waals surface area contributed by atoms with Gasteiger partial charge in [0.2, 0.25) is 5.91 Å². The Kier molecular flexibility index (Phi) is 3.44. The highest BCUT2D eigenvalue weighted by atomic mass is 16.1. The molecule has 1 aromatic carbocycles. The average Bonchev–Trinajstić information content (AvgIpc) is 2.70. The second-order valence-electron chi connectivity index (χ2n) is 4.04. The SMILES string of the molecule is CCNCc1cccc2c1ccn2CC(N)=O. The van der Waals surface area contributed by atoms with Crippen molar-refractivity contribution in [2.75, 3.05) is 6.54 Å². The molecule has 1 amide bonds. The summed E-state index contributed by atoms with van der Waals surface area (Å²) in [6.45, 7) is 4.10. The largest absolute Gasteiger partial charge is 0.368 e. The van der Waals surface area contributed by atoms with Gasteiger partial charge in [0.15, 0.2) is 0 Å². The summed E-state index contributed by atoms with van der Waals surface area (Å²) >= 11 is 0. The normalized spacial score (nSPS) is 10.9. The molecule has 4 heteroatoms. The number of nitrogens with zero attached hydrogens (tertiary/aromatic N) is 1. The lowest BCUT2D eigenvalue weighted by Gasteiger charge is -2.06. The van der Waals surface area contributed by atoms with Crippen molar-refractivity contribution in [3.05, 3.63) is 36.0 Å². The molecule has 90 valence electrons. The van der Waals surface area contributed by atoms with Crippen LogP contribution in [0, 0.1) is 0 Å². The van der Waals surface area contributed by atoms with E-state index in [1.165, 1.54) is 10.9 Å². The topological polar surface area (TPSA) is 60.1 Å². The predicted octanol–water partition coefficient (Wildman–Crippen LogP) is 1.24. The summed E-state index contributed by atoms with van der Waals surface area (Å²) in [6.07, 6.45) is 1.91. The molecule has 0 aliphatic carbocycles. The Balaban J connectivity index is 2.38. The number of nitrogens with two attached hydrogens (primary N) is 1. The van der Waals surface area contributed by atoms with E-state index in [0.717, 1.165) is 18.6 Å². The molecule has 0 aliphatic heterocycles. The molecule has 0 unspecified atom stereocenters. The number of rotatable bonds is 5. The molecule has 0 fully saturated rings. The van der Waals surface area contributed by atoms with Gasteiger partial charge in [0.1, 0.15) is 6.54 Å². The van der Waals surface area contributed by atoms with Crippen LogP contribution in [0.1, 0.15) is 12.5 Å². The number of hydrogen-bond donors (Lipinski definition) is 2. The monoisotopic (exact) mass is 231 g/mol. The molecule has 17 heavy (non-hydrogen) atoms. The molecule has 2 rings (SSSR count).